The highest BCUT2D eigenvalue weighted by Gasteiger charge is 2.41. The number of nitrogens with zero attached hydrogens (tertiary/aromatic N) is 2. The fourth-order valence-electron chi connectivity index (χ4n) is 2.61. The van der Waals surface area contributed by atoms with E-state index in [1.165, 1.54) is 0 Å². The maximum absolute atomic E-state index is 11.8. The summed E-state index contributed by atoms with van der Waals surface area (Å²) in [4.78, 5) is 0. The van der Waals surface area contributed by atoms with Gasteiger partial charge in [0.2, 0.25) is 0 Å². The molecule has 1 aliphatic rings. The zero-order chi connectivity index (χ0) is 14.3. The SMILES string of the molecule is CC1(C)OC(c2ccc(Br)cc2)CC[n+]2noc([O-])c21. The molecule has 0 fully saturated rings. The molecule has 1 aromatic carbocycles. The van der Waals surface area contributed by atoms with E-state index in [0.29, 0.717) is 12.2 Å². The van der Waals surface area contributed by atoms with E-state index in [1.807, 2.05) is 38.1 Å². The normalized spacial score (nSPS) is 21.2. The highest BCUT2D eigenvalue weighted by molar-refractivity contribution is 9.10. The summed E-state index contributed by atoms with van der Waals surface area (Å²) in [6.07, 6.45) is 0.675. The summed E-state index contributed by atoms with van der Waals surface area (Å²) in [5.74, 6) is -0.425. The Morgan fingerprint density at radius 1 is 1.35 bits per heavy atom. The molecule has 1 aliphatic heterocycles. The Hall–Kier alpha value is -1.40. The van der Waals surface area contributed by atoms with E-state index in [1.54, 1.807) is 4.68 Å². The van der Waals surface area contributed by atoms with Crippen LogP contribution in [0, 0.1) is 0 Å². The Kier molecular flexibility index (Phi) is 3.30. The Morgan fingerprint density at radius 2 is 2.05 bits per heavy atom. The van der Waals surface area contributed by atoms with Gasteiger partial charge in [0.15, 0.2) is 18.1 Å². The zero-order valence-corrected chi connectivity index (χ0v) is 12.9. The summed E-state index contributed by atoms with van der Waals surface area (Å²) < 4.78 is 13.5. The fourth-order valence-corrected chi connectivity index (χ4v) is 2.87. The Balaban J connectivity index is 1.94. The molecule has 0 N–H and O–H groups in total. The van der Waals surface area contributed by atoms with Crippen molar-refractivity contribution in [3.8, 4) is 5.95 Å². The van der Waals surface area contributed by atoms with Crippen molar-refractivity contribution in [2.45, 2.75) is 38.5 Å². The van der Waals surface area contributed by atoms with Gasteiger partial charge in [0, 0.05) is 10.9 Å². The molecule has 20 heavy (non-hydrogen) atoms. The molecule has 0 saturated heterocycles. The lowest BCUT2D eigenvalue weighted by Crippen LogP contribution is -2.43. The van der Waals surface area contributed by atoms with Crippen LogP contribution in [0.25, 0.3) is 0 Å². The third-order valence-electron chi connectivity index (χ3n) is 3.53. The molecular weight excluding hydrogens is 324 g/mol. The summed E-state index contributed by atoms with van der Waals surface area (Å²) in [6.45, 7) is 4.34. The van der Waals surface area contributed by atoms with Crippen LogP contribution in [0.3, 0.4) is 0 Å². The second-order valence-electron chi connectivity index (χ2n) is 5.39. The van der Waals surface area contributed by atoms with Gasteiger partial charge in [-0.15, -0.1) is 0 Å². The maximum Gasteiger partial charge on any atom is 0.264 e. The first-order valence-electron chi connectivity index (χ1n) is 6.48. The van der Waals surface area contributed by atoms with E-state index in [2.05, 4.69) is 21.2 Å². The number of halogens is 1. The number of hydrogen-bond acceptors (Lipinski definition) is 4. The quantitative estimate of drug-likeness (QED) is 0.748. The zero-order valence-electron chi connectivity index (χ0n) is 11.3. The molecule has 0 aliphatic carbocycles. The minimum atomic E-state index is -0.731. The molecule has 0 amide bonds. The second-order valence-corrected chi connectivity index (χ2v) is 6.30. The van der Waals surface area contributed by atoms with Crippen LogP contribution >= 0.6 is 15.9 Å². The van der Waals surface area contributed by atoms with Gasteiger partial charge in [-0.1, -0.05) is 32.7 Å². The third kappa shape index (κ3) is 2.33. The first-order chi connectivity index (χ1) is 9.47. The fraction of sp³-hybridized carbons (Fsp3) is 0.429. The molecule has 106 valence electrons. The molecule has 5 nitrogen and oxygen atoms in total. The Labute approximate surface area is 125 Å². The Bertz CT molecular complexity index is 622. The van der Waals surface area contributed by atoms with Gasteiger partial charge in [0.05, 0.1) is 11.4 Å². The van der Waals surface area contributed by atoms with E-state index in [-0.39, 0.29) is 6.10 Å². The number of aromatic nitrogens is 2. The van der Waals surface area contributed by atoms with Gasteiger partial charge in [-0.3, -0.25) is 0 Å². The highest BCUT2D eigenvalue weighted by atomic mass is 79.9. The van der Waals surface area contributed by atoms with Gasteiger partial charge in [-0.05, 0) is 31.5 Å². The van der Waals surface area contributed by atoms with Gasteiger partial charge in [-0.2, -0.15) is 0 Å². The molecule has 1 unspecified atom stereocenters. The lowest BCUT2D eigenvalue weighted by atomic mass is 10.0. The Morgan fingerprint density at radius 3 is 2.75 bits per heavy atom. The van der Waals surface area contributed by atoms with Crippen LogP contribution in [0.15, 0.2) is 33.3 Å². The molecular formula is C14H15BrN2O3. The van der Waals surface area contributed by atoms with Gasteiger partial charge in [0.1, 0.15) is 0 Å². The number of fused-ring (bicyclic) bond motifs is 1. The topological polar surface area (TPSA) is 62.2 Å². The first-order valence-corrected chi connectivity index (χ1v) is 7.27. The van der Waals surface area contributed by atoms with E-state index in [9.17, 15) is 5.11 Å². The first kappa shape index (κ1) is 13.6. The minimum absolute atomic E-state index is 0.0702. The number of benzene rings is 1. The van der Waals surface area contributed by atoms with Gasteiger partial charge in [0.25, 0.3) is 5.69 Å². The molecule has 0 saturated carbocycles. The standard InChI is InChI=1S/C14H15BrN2O3/c1-14(2)12-13(18)20-16-17(12)8-7-11(19-14)9-3-5-10(15)6-4-9/h3-6,11H,7-8H2,1-2H3. The monoisotopic (exact) mass is 338 g/mol. The molecule has 0 bridgehead atoms. The van der Waals surface area contributed by atoms with Crippen LogP contribution < -0.4 is 9.79 Å². The predicted molar refractivity (Wildman–Crippen MR) is 71.8 cm³/mol. The van der Waals surface area contributed by atoms with Crippen molar-refractivity contribution in [3.05, 3.63) is 40.0 Å². The predicted octanol–water partition coefficient (Wildman–Crippen LogP) is 2.19. The number of ether oxygens (including phenoxy) is 1. The smallest absolute Gasteiger partial charge is 0.264 e. The molecule has 0 radical (unpaired) electrons. The molecule has 1 atom stereocenters. The van der Waals surface area contributed by atoms with E-state index in [4.69, 9.17) is 9.26 Å². The van der Waals surface area contributed by atoms with Crippen molar-refractivity contribution in [1.82, 2.24) is 5.27 Å². The van der Waals surface area contributed by atoms with Gasteiger partial charge in [-0.25, -0.2) is 0 Å². The average Bonchev–Trinajstić information content (AvgIpc) is 2.71. The van der Waals surface area contributed by atoms with Crippen molar-refractivity contribution in [3.63, 3.8) is 0 Å². The maximum atomic E-state index is 11.8. The third-order valence-corrected chi connectivity index (χ3v) is 4.05. The van der Waals surface area contributed by atoms with Crippen LogP contribution in [0.1, 0.15) is 37.6 Å². The highest BCUT2D eigenvalue weighted by Crippen LogP contribution is 2.37. The van der Waals surface area contributed by atoms with Crippen molar-refractivity contribution >= 4 is 15.9 Å². The number of hydrogen-bond donors (Lipinski definition) is 0. The molecule has 3 rings (SSSR count). The summed E-state index contributed by atoms with van der Waals surface area (Å²) >= 11 is 3.43. The van der Waals surface area contributed by atoms with Crippen molar-refractivity contribution < 1.29 is 19.0 Å². The summed E-state index contributed by atoms with van der Waals surface area (Å²) in [6, 6.07) is 8.04. The molecule has 2 heterocycles. The summed E-state index contributed by atoms with van der Waals surface area (Å²) in [5.41, 5.74) is 0.833. The van der Waals surface area contributed by atoms with Crippen LogP contribution in [-0.2, 0) is 16.9 Å². The van der Waals surface area contributed by atoms with E-state index >= 15 is 0 Å². The number of rotatable bonds is 1. The van der Waals surface area contributed by atoms with Crippen molar-refractivity contribution in [2.24, 2.45) is 0 Å². The summed E-state index contributed by atoms with van der Waals surface area (Å²) in [5, 5.41) is 15.6. The van der Waals surface area contributed by atoms with Crippen LogP contribution in [0.5, 0.6) is 5.95 Å². The largest absolute Gasteiger partial charge is 0.539 e. The molecule has 6 heteroatoms. The minimum Gasteiger partial charge on any atom is -0.539 e. The van der Waals surface area contributed by atoms with E-state index in [0.717, 1.165) is 16.5 Å². The summed E-state index contributed by atoms with van der Waals surface area (Å²) in [7, 11) is 0. The molecule has 0 spiro atoms. The van der Waals surface area contributed by atoms with Crippen molar-refractivity contribution in [2.75, 3.05) is 0 Å². The van der Waals surface area contributed by atoms with Gasteiger partial charge >= 0.3 is 0 Å². The molecule has 1 aromatic heterocycles. The van der Waals surface area contributed by atoms with Crippen LogP contribution in [0.2, 0.25) is 0 Å². The lowest BCUT2D eigenvalue weighted by Gasteiger charge is -2.25. The van der Waals surface area contributed by atoms with Crippen LogP contribution in [-0.4, -0.2) is 5.27 Å². The van der Waals surface area contributed by atoms with Crippen LogP contribution in [0.4, 0.5) is 0 Å². The molecule has 2 aromatic rings. The van der Waals surface area contributed by atoms with E-state index < -0.39 is 11.5 Å². The van der Waals surface area contributed by atoms with Crippen molar-refractivity contribution in [1.29, 1.82) is 0 Å². The second kappa shape index (κ2) is 4.86. The average molecular weight is 339 g/mol. The number of aryl methyl sites for hydroxylation is 1. The lowest BCUT2D eigenvalue weighted by molar-refractivity contribution is -0.770. The van der Waals surface area contributed by atoms with Gasteiger partial charge < -0.3 is 14.4 Å².